The molecule has 1 unspecified atom stereocenters. The second-order valence-corrected chi connectivity index (χ2v) is 7.11. The first-order valence-corrected chi connectivity index (χ1v) is 9.69. The summed E-state index contributed by atoms with van der Waals surface area (Å²) in [5, 5.41) is 17.3. The summed E-state index contributed by atoms with van der Waals surface area (Å²) in [5.41, 5.74) is 3.36. The SMILES string of the molecule is C=CNC1=C(C(=C)N(C)CCCC(C)=NC(=N)Cc2ccccc2)NC(Cl)N1. The van der Waals surface area contributed by atoms with Crippen molar-refractivity contribution in [1.29, 1.82) is 5.41 Å². The predicted octanol–water partition coefficient (Wildman–Crippen LogP) is 3.51. The molecule has 1 aliphatic heterocycles. The second kappa shape index (κ2) is 10.6. The number of alkyl halides is 1. The molecule has 7 heteroatoms. The number of aliphatic imine (C=N–C) groups is 1. The number of nitrogens with one attached hydrogen (secondary N) is 4. The molecule has 0 aliphatic carbocycles. The normalized spacial score (nSPS) is 16.2. The van der Waals surface area contributed by atoms with Crippen molar-refractivity contribution in [3.8, 4) is 0 Å². The monoisotopic (exact) mass is 400 g/mol. The molecular weight excluding hydrogens is 372 g/mol. The van der Waals surface area contributed by atoms with Crippen molar-refractivity contribution in [3.05, 3.63) is 72.5 Å². The Balaban J connectivity index is 1.81. The van der Waals surface area contributed by atoms with Gasteiger partial charge in [0.15, 0.2) is 5.62 Å². The highest BCUT2D eigenvalue weighted by atomic mass is 35.5. The number of hydrogen-bond acceptors (Lipinski definition) is 5. The van der Waals surface area contributed by atoms with Gasteiger partial charge in [0.1, 0.15) is 17.4 Å². The summed E-state index contributed by atoms with van der Waals surface area (Å²) in [6.45, 7) is 10.6. The summed E-state index contributed by atoms with van der Waals surface area (Å²) in [5.74, 6) is 1.15. The Hall–Kier alpha value is -2.73. The van der Waals surface area contributed by atoms with Crippen molar-refractivity contribution in [2.75, 3.05) is 13.6 Å². The standard InChI is InChI=1S/C21H29ClN6/c1-5-24-20-19(26-21(22)27-20)16(3)28(4)13-9-10-15(2)25-18(23)14-17-11-7-6-8-12-17/h5-8,11-12,21,23-24,26-27H,1,3,9-10,13-14H2,2,4H3. The van der Waals surface area contributed by atoms with Crippen LogP contribution in [0.15, 0.2) is 71.9 Å². The third kappa shape index (κ3) is 6.46. The zero-order valence-electron chi connectivity index (χ0n) is 16.6. The average molecular weight is 401 g/mol. The van der Waals surface area contributed by atoms with E-state index in [9.17, 15) is 0 Å². The van der Waals surface area contributed by atoms with Gasteiger partial charge in [-0.15, -0.1) is 0 Å². The van der Waals surface area contributed by atoms with Gasteiger partial charge < -0.3 is 20.9 Å². The minimum atomic E-state index is -0.382. The molecule has 0 amide bonds. The van der Waals surface area contributed by atoms with Crippen LogP contribution in [0.4, 0.5) is 0 Å². The van der Waals surface area contributed by atoms with E-state index < -0.39 is 0 Å². The Morgan fingerprint density at radius 3 is 2.75 bits per heavy atom. The lowest BCUT2D eigenvalue weighted by Gasteiger charge is -2.23. The van der Waals surface area contributed by atoms with Gasteiger partial charge in [0.2, 0.25) is 0 Å². The maximum absolute atomic E-state index is 8.08. The van der Waals surface area contributed by atoms with Crippen LogP contribution in [0.25, 0.3) is 0 Å². The van der Waals surface area contributed by atoms with Crippen LogP contribution < -0.4 is 16.0 Å². The van der Waals surface area contributed by atoms with Crippen LogP contribution in [0.2, 0.25) is 0 Å². The van der Waals surface area contributed by atoms with Gasteiger partial charge in [0, 0.05) is 25.7 Å². The third-order valence-corrected chi connectivity index (χ3v) is 4.58. The van der Waals surface area contributed by atoms with Crippen molar-refractivity contribution < 1.29 is 0 Å². The predicted molar refractivity (Wildman–Crippen MR) is 118 cm³/mol. The zero-order valence-corrected chi connectivity index (χ0v) is 17.3. The molecule has 0 saturated heterocycles. The van der Waals surface area contributed by atoms with E-state index >= 15 is 0 Å². The van der Waals surface area contributed by atoms with Gasteiger partial charge in [-0.05, 0) is 31.5 Å². The second-order valence-electron chi connectivity index (χ2n) is 6.68. The first-order valence-electron chi connectivity index (χ1n) is 9.25. The Labute approximate surface area is 172 Å². The van der Waals surface area contributed by atoms with E-state index in [4.69, 9.17) is 17.0 Å². The lowest BCUT2D eigenvalue weighted by atomic mass is 10.1. The van der Waals surface area contributed by atoms with E-state index in [0.717, 1.165) is 47.9 Å². The van der Waals surface area contributed by atoms with Crippen LogP contribution in [0.3, 0.4) is 0 Å². The van der Waals surface area contributed by atoms with E-state index in [1.165, 1.54) is 0 Å². The fourth-order valence-electron chi connectivity index (χ4n) is 2.89. The molecule has 1 aliphatic rings. The van der Waals surface area contributed by atoms with Crippen LogP contribution in [-0.2, 0) is 6.42 Å². The van der Waals surface area contributed by atoms with Crippen molar-refractivity contribution in [1.82, 2.24) is 20.9 Å². The van der Waals surface area contributed by atoms with E-state index in [1.807, 2.05) is 44.3 Å². The highest BCUT2D eigenvalue weighted by Crippen LogP contribution is 2.18. The van der Waals surface area contributed by atoms with Gasteiger partial charge in [-0.2, -0.15) is 0 Å². The minimum Gasteiger partial charge on any atom is -0.373 e. The fourth-order valence-corrected chi connectivity index (χ4v) is 3.11. The molecule has 0 radical (unpaired) electrons. The number of amidine groups is 1. The summed E-state index contributed by atoms with van der Waals surface area (Å²) < 4.78 is 0. The molecule has 6 nitrogen and oxygen atoms in total. The van der Waals surface area contributed by atoms with Gasteiger partial charge >= 0.3 is 0 Å². The molecule has 0 aromatic heterocycles. The smallest absolute Gasteiger partial charge is 0.176 e. The highest BCUT2D eigenvalue weighted by Gasteiger charge is 2.23. The van der Waals surface area contributed by atoms with Crippen LogP contribution in [0.1, 0.15) is 25.3 Å². The first-order chi connectivity index (χ1) is 13.4. The number of hydrogen-bond donors (Lipinski definition) is 4. The summed E-state index contributed by atoms with van der Waals surface area (Å²) in [6, 6.07) is 9.97. The Morgan fingerprint density at radius 2 is 2.07 bits per heavy atom. The van der Waals surface area contributed by atoms with Gasteiger partial charge in [-0.3, -0.25) is 5.41 Å². The number of halogens is 1. The molecule has 1 aromatic carbocycles. The number of nitrogens with zero attached hydrogens (tertiary/aromatic N) is 2. The van der Waals surface area contributed by atoms with E-state index in [-0.39, 0.29) is 5.62 Å². The molecular formula is C21H29ClN6. The quantitative estimate of drug-likeness (QED) is 0.210. The molecule has 2 rings (SSSR count). The van der Waals surface area contributed by atoms with E-state index in [0.29, 0.717) is 12.3 Å². The molecule has 28 heavy (non-hydrogen) atoms. The molecule has 1 heterocycles. The molecule has 0 spiro atoms. The lowest BCUT2D eigenvalue weighted by molar-refractivity contribution is 0.415. The van der Waals surface area contributed by atoms with E-state index in [1.54, 1.807) is 6.20 Å². The first kappa shape index (κ1) is 21.6. The molecule has 4 N–H and O–H groups in total. The number of rotatable bonds is 10. The molecule has 0 saturated carbocycles. The fraction of sp³-hybridized carbons (Fsp3) is 0.333. The summed E-state index contributed by atoms with van der Waals surface area (Å²) in [4.78, 5) is 6.50. The van der Waals surface area contributed by atoms with Gasteiger partial charge in [0.05, 0.1) is 5.70 Å². The van der Waals surface area contributed by atoms with Crippen molar-refractivity contribution in [2.24, 2.45) is 4.99 Å². The van der Waals surface area contributed by atoms with Crippen LogP contribution >= 0.6 is 11.6 Å². The maximum Gasteiger partial charge on any atom is 0.176 e. The van der Waals surface area contributed by atoms with Crippen molar-refractivity contribution >= 4 is 23.1 Å². The number of likely N-dealkylation sites (N-methyl/N-ethyl adjacent to an activating group) is 1. The van der Waals surface area contributed by atoms with Crippen LogP contribution in [0.5, 0.6) is 0 Å². The third-order valence-electron chi connectivity index (χ3n) is 4.36. The van der Waals surface area contributed by atoms with Crippen LogP contribution in [0, 0.1) is 5.41 Å². The summed E-state index contributed by atoms with van der Waals surface area (Å²) >= 11 is 6.10. The molecule has 1 aromatic rings. The molecule has 0 fully saturated rings. The Bertz CT molecular complexity index is 768. The van der Waals surface area contributed by atoms with Crippen LogP contribution in [-0.4, -0.2) is 35.7 Å². The van der Waals surface area contributed by atoms with Crippen molar-refractivity contribution in [3.63, 3.8) is 0 Å². The van der Waals surface area contributed by atoms with Gasteiger partial charge in [0.25, 0.3) is 0 Å². The largest absolute Gasteiger partial charge is 0.373 e. The highest BCUT2D eigenvalue weighted by molar-refractivity contribution is 6.20. The lowest BCUT2D eigenvalue weighted by Crippen LogP contribution is -2.29. The summed E-state index contributed by atoms with van der Waals surface area (Å²) in [6.07, 6.45) is 3.89. The zero-order chi connectivity index (χ0) is 20.5. The summed E-state index contributed by atoms with van der Waals surface area (Å²) in [7, 11) is 1.99. The van der Waals surface area contributed by atoms with Gasteiger partial charge in [-0.1, -0.05) is 55.1 Å². The molecule has 150 valence electrons. The average Bonchev–Trinajstić information content (AvgIpc) is 3.02. The molecule has 1 atom stereocenters. The Morgan fingerprint density at radius 1 is 1.36 bits per heavy atom. The van der Waals surface area contributed by atoms with E-state index in [2.05, 4.69) is 39.0 Å². The topological polar surface area (TPSA) is 75.5 Å². The minimum absolute atomic E-state index is 0.382. The van der Waals surface area contributed by atoms with Crippen molar-refractivity contribution in [2.45, 2.75) is 31.8 Å². The maximum atomic E-state index is 8.08. The Kier molecular flexibility index (Phi) is 8.14. The number of benzene rings is 1. The van der Waals surface area contributed by atoms with Gasteiger partial charge in [-0.25, -0.2) is 4.99 Å². The molecule has 0 bridgehead atoms.